The molecule has 0 fully saturated rings. The molecular weight excluding hydrogens is 308 g/mol. The predicted molar refractivity (Wildman–Crippen MR) is 96.9 cm³/mol. The molecule has 0 aliphatic rings. The summed E-state index contributed by atoms with van der Waals surface area (Å²) < 4.78 is 0. The van der Waals surface area contributed by atoms with E-state index in [1.807, 2.05) is 49.3 Å². The van der Waals surface area contributed by atoms with Gasteiger partial charge in [0.25, 0.3) is 0 Å². The molecule has 0 unspecified atom stereocenters. The minimum atomic E-state index is 0.0807. The van der Waals surface area contributed by atoms with Gasteiger partial charge >= 0.3 is 0 Å². The quantitative estimate of drug-likeness (QED) is 0.567. The Morgan fingerprint density at radius 1 is 0.520 bits per heavy atom. The van der Waals surface area contributed by atoms with Crippen LogP contribution in [-0.2, 0) is 0 Å². The highest BCUT2D eigenvalue weighted by molar-refractivity contribution is 5.68. The predicted octanol–water partition coefficient (Wildman–Crippen LogP) is 4.11. The summed E-state index contributed by atoms with van der Waals surface area (Å²) >= 11 is 0. The van der Waals surface area contributed by atoms with Crippen LogP contribution in [0, 0.1) is 0 Å². The molecule has 0 N–H and O–H groups in total. The second kappa shape index (κ2) is 7.01. The lowest BCUT2D eigenvalue weighted by Gasteiger charge is -2.21. The van der Waals surface area contributed by atoms with Crippen molar-refractivity contribution >= 4 is 0 Å². The molecule has 0 aromatic carbocycles. The van der Waals surface area contributed by atoms with Crippen LogP contribution in [0.3, 0.4) is 0 Å². The van der Waals surface area contributed by atoms with Crippen LogP contribution < -0.4 is 0 Å². The minimum Gasteiger partial charge on any atom is -0.265 e. The highest BCUT2D eigenvalue weighted by Crippen LogP contribution is 2.36. The van der Waals surface area contributed by atoms with E-state index in [1.165, 1.54) is 16.7 Å². The number of rotatable bonds is 4. The third kappa shape index (κ3) is 3.15. The van der Waals surface area contributed by atoms with Crippen molar-refractivity contribution < 1.29 is 0 Å². The Hall–Kier alpha value is -3.40. The second-order valence-electron chi connectivity index (χ2n) is 5.69. The minimum absolute atomic E-state index is 0.0807. The monoisotopic (exact) mass is 324 g/mol. The smallest absolute Gasteiger partial charge is 0.0349 e. The van der Waals surface area contributed by atoms with Crippen molar-refractivity contribution in [3.05, 3.63) is 109 Å². The van der Waals surface area contributed by atoms with Gasteiger partial charge in [0.2, 0.25) is 0 Å². The molecule has 0 atom stereocenters. The normalized spacial score (nSPS) is 10.8. The SMILES string of the molecule is c1cc(-c2cnccc2C(c2ccncc2)c2ccncc2)ccn1. The lowest BCUT2D eigenvalue weighted by atomic mass is 9.83. The maximum absolute atomic E-state index is 4.35. The van der Waals surface area contributed by atoms with E-state index in [-0.39, 0.29) is 5.92 Å². The van der Waals surface area contributed by atoms with Gasteiger partial charge in [-0.1, -0.05) is 0 Å². The van der Waals surface area contributed by atoms with Crippen molar-refractivity contribution in [3.63, 3.8) is 0 Å². The zero-order valence-electron chi connectivity index (χ0n) is 13.5. The van der Waals surface area contributed by atoms with Gasteiger partial charge in [-0.05, 0) is 64.7 Å². The van der Waals surface area contributed by atoms with E-state index >= 15 is 0 Å². The Morgan fingerprint density at radius 2 is 1.00 bits per heavy atom. The molecule has 4 aromatic heterocycles. The molecule has 0 radical (unpaired) electrons. The Morgan fingerprint density at radius 3 is 1.56 bits per heavy atom. The molecule has 0 spiro atoms. The van der Waals surface area contributed by atoms with Crippen molar-refractivity contribution in [1.29, 1.82) is 0 Å². The van der Waals surface area contributed by atoms with E-state index < -0.39 is 0 Å². The van der Waals surface area contributed by atoms with Crippen molar-refractivity contribution in [2.45, 2.75) is 5.92 Å². The first-order valence-corrected chi connectivity index (χ1v) is 8.07. The third-order valence-corrected chi connectivity index (χ3v) is 4.24. The number of hydrogen-bond acceptors (Lipinski definition) is 4. The van der Waals surface area contributed by atoms with Gasteiger partial charge in [0.1, 0.15) is 0 Å². The summed E-state index contributed by atoms with van der Waals surface area (Å²) in [6.45, 7) is 0. The highest BCUT2D eigenvalue weighted by atomic mass is 14.6. The summed E-state index contributed by atoms with van der Waals surface area (Å²) in [5, 5.41) is 0. The van der Waals surface area contributed by atoms with Crippen LogP contribution in [0.5, 0.6) is 0 Å². The molecule has 4 heteroatoms. The molecule has 4 nitrogen and oxygen atoms in total. The first-order chi connectivity index (χ1) is 12.4. The Balaban J connectivity index is 1.93. The van der Waals surface area contributed by atoms with Gasteiger partial charge in [0, 0.05) is 61.1 Å². The van der Waals surface area contributed by atoms with E-state index in [0.717, 1.165) is 11.1 Å². The zero-order chi connectivity index (χ0) is 16.9. The first-order valence-electron chi connectivity index (χ1n) is 8.07. The number of pyridine rings is 4. The van der Waals surface area contributed by atoms with Crippen LogP contribution in [0.1, 0.15) is 22.6 Å². The summed E-state index contributed by atoms with van der Waals surface area (Å²) in [4.78, 5) is 16.8. The summed E-state index contributed by atoms with van der Waals surface area (Å²) in [5.74, 6) is 0.0807. The van der Waals surface area contributed by atoms with Crippen LogP contribution in [0.15, 0.2) is 92.0 Å². The van der Waals surface area contributed by atoms with Crippen LogP contribution in [0.25, 0.3) is 11.1 Å². The fraction of sp³-hybridized carbons (Fsp3) is 0.0476. The van der Waals surface area contributed by atoms with Gasteiger partial charge < -0.3 is 0 Å². The summed E-state index contributed by atoms with van der Waals surface area (Å²) in [7, 11) is 0. The van der Waals surface area contributed by atoms with Gasteiger partial charge in [0.15, 0.2) is 0 Å². The molecule has 4 rings (SSSR count). The Bertz CT molecular complexity index is 901. The van der Waals surface area contributed by atoms with Gasteiger partial charge in [0.05, 0.1) is 0 Å². The summed E-state index contributed by atoms with van der Waals surface area (Å²) in [5.41, 5.74) is 5.76. The van der Waals surface area contributed by atoms with Crippen LogP contribution in [-0.4, -0.2) is 19.9 Å². The maximum atomic E-state index is 4.35. The lowest BCUT2D eigenvalue weighted by Crippen LogP contribution is -2.06. The molecule has 0 aliphatic heterocycles. The molecule has 120 valence electrons. The van der Waals surface area contributed by atoms with Gasteiger partial charge in [-0.2, -0.15) is 0 Å². The van der Waals surface area contributed by atoms with E-state index in [9.17, 15) is 0 Å². The van der Waals surface area contributed by atoms with Gasteiger partial charge in [-0.25, -0.2) is 0 Å². The molecule has 0 aliphatic carbocycles. The molecule has 25 heavy (non-hydrogen) atoms. The average molecular weight is 324 g/mol. The lowest BCUT2D eigenvalue weighted by molar-refractivity contribution is 0.961. The molecule has 4 heterocycles. The third-order valence-electron chi connectivity index (χ3n) is 4.24. The van der Waals surface area contributed by atoms with E-state index in [2.05, 4.69) is 50.3 Å². The topological polar surface area (TPSA) is 51.6 Å². The number of nitrogens with zero attached hydrogens (tertiary/aromatic N) is 4. The largest absolute Gasteiger partial charge is 0.265 e. The summed E-state index contributed by atoms with van der Waals surface area (Å²) in [6, 6.07) is 14.3. The molecule has 0 amide bonds. The standard InChI is InChI=1S/C21H16N4/c1-8-22-9-2-16(1)20-15-25-14-7-19(20)21(17-3-10-23-11-4-17)18-5-12-24-13-6-18/h1-15,21H. The Kier molecular flexibility index (Phi) is 4.25. The molecular formula is C21H16N4. The maximum Gasteiger partial charge on any atom is 0.0349 e. The Labute approximate surface area is 146 Å². The van der Waals surface area contributed by atoms with E-state index in [0.29, 0.717) is 0 Å². The number of aromatic nitrogens is 4. The molecule has 0 saturated heterocycles. The van der Waals surface area contributed by atoms with Crippen molar-refractivity contribution in [1.82, 2.24) is 19.9 Å². The average Bonchev–Trinajstić information content (AvgIpc) is 2.71. The highest BCUT2D eigenvalue weighted by Gasteiger charge is 2.20. The van der Waals surface area contributed by atoms with Gasteiger partial charge in [-0.15, -0.1) is 0 Å². The van der Waals surface area contributed by atoms with Crippen LogP contribution in [0.2, 0.25) is 0 Å². The number of hydrogen-bond donors (Lipinski definition) is 0. The van der Waals surface area contributed by atoms with Crippen molar-refractivity contribution in [2.75, 3.05) is 0 Å². The van der Waals surface area contributed by atoms with Crippen molar-refractivity contribution in [2.24, 2.45) is 0 Å². The van der Waals surface area contributed by atoms with E-state index in [1.54, 1.807) is 12.4 Å². The second-order valence-corrected chi connectivity index (χ2v) is 5.69. The molecule has 0 bridgehead atoms. The van der Waals surface area contributed by atoms with Crippen molar-refractivity contribution in [3.8, 4) is 11.1 Å². The van der Waals surface area contributed by atoms with Crippen LogP contribution >= 0.6 is 0 Å². The fourth-order valence-corrected chi connectivity index (χ4v) is 3.09. The van der Waals surface area contributed by atoms with Crippen LogP contribution in [0.4, 0.5) is 0 Å². The zero-order valence-corrected chi connectivity index (χ0v) is 13.5. The fourth-order valence-electron chi connectivity index (χ4n) is 3.09. The summed E-state index contributed by atoms with van der Waals surface area (Å²) in [6.07, 6.45) is 14.7. The van der Waals surface area contributed by atoms with E-state index in [4.69, 9.17) is 0 Å². The van der Waals surface area contributed by atoms with Gasteiger partial charge in [-0.3, -0.25) is 19.9 Å². The molecule has 0 saturated carbocycles. The molecule has 4 aromatic rings. The first kappa shape index (κ1) is 15.1.